The first-order valence-corrected chi connectivity index (χ1v) is 8.13. The molecule has 5 nitrogen and oxygen atoms in total. The van der Waals surface area contributed by atoms with E-state index in [1.165, 1.54) is 44.5 Å². The highest BCUT2D eigenvalue weighted by atomic mass is 16.4. The number of unbranched alkanes of at least 4 members (excludes halogenated alkanes) is 5. The van der Waals surface area contributed by atoms with Gasteiger partial charge in [-0.05, 0) is 24.6 Å². The molecule has 0 aromatic heterocycles. The predicted octanol–water partition coefficient (Wildman–Crippen LogP) is 3.68. The second-order valence-corrected chi connectivity index (χ2v) is 5.62. The number of carbonyl (C=O) groups excluding carboxylic acids is 2. The van der Waals surface area contributed by atoms with Gasteiger partial charge < -0.3 is 10.4 Å². The number of carboxylic acid groups (broad SMARTS) is 1. The van der Waals surface area contributed by atoms with Gasteiger partial charge in [-0.1, -0.05) is 39.0 Å². The van der Waals surface area contributed by atoms with E-state index >= 15 is 0 Å². The van der Waals surface area contributed by atoms with Crippen LogP contribution >= 0.6 is 0 Å². The van der Waals surface area contributed by atoms with Crippen LogP contribution in [0.3, 0.4) is 0 Å². The predicted molar refractivity (Wildman–Crippen MR) is 89.1 cm³/mol. The molecule has 0 bridgehead atoms. The number of carboxylic acids is 1. The summed E-state index contributed by atoms with van der Waals surface area (Å²) in [5.41, 5.74) is 0.438. The molecule has 126 valence electrons. The first kappa shape index (κ1) is 18.9. The van der Waals surface area contributed by atoms with Crippen LogP contribution in [0.1, 0.15) is 82.9 Å². The van der Waals surface area contributed by atoms with E-state index in [2.05, 4.69) is 12.2 Å². The summed E-state index contributed by atoms with van der Waals surface area (Å²) >= 11 is 0. The Morgan fingerprint density at radius 2 is 1.48 bits per heavy atom. The van der Waals surface area contributed by atoms with E-state index in [1.807, 2.05) is 0 Å². The summed E-state index contributed by atoms with van der Waals surface area (Å²) < 4.78 is 0. The van der Waals surface area contributed by atoms with Crippen LogP contribution < -0.4 is 5.32 Å². The van der Waals surface area contributed by atoms with Crippen molar-refractivity contribution >= 4 is 17.7 Å². The molecule has 1 rings (SSSR count). The number of benzene rings is 1. The monoisotopic (exact) mass is 319 g/mol. The van der Waals surface area contributed by atoms with Crippen molar-refractivity contribution in [2.45, 2.75) is 51.9 Å². The van der Waals surface area contributed by atoms with Gasteiger partial charge in [0, 0.05) is 24.6 Å². The minimum Gasteiger partial charge on any atom is -0.478 e. The van der Waals surface area contributed by atoms with Crippen LogP contribution in [0.25, 0.3) is 0 Å². The Hall–Kier alpha value is -2.17. The van der Waals surface area contributed by atoms with Crippen LogP contribution in [-0.2, 0) is 0 Å². The standard InChI is InChI=1S/C18H25NO4/c1-3-4-5-6-7-8-9-16(20)13-10-14(17(21)19-2)12-15(11-13)18(22)23/h10-12H,3-9H2,1-2H3,(H,19,21)(H,22,23). The summed E-state index contributed by atoms with van der Waals surface area (Å²) in [7, 11) is 1.47. The van der Waals surface area contributed by atoms with Gasteiger partial charge in [-0.3, -0.25) is 9.59 Å². The molecule has 0 saturated heterocycles. The van der Waals surface area contributed by atoms with Gasteiger partial charge in [0.15, 0.2) is 5.78 Å². The molecule has 0 spiro atoms. The summed E-state index contributed by atoms with van der Waals surface area (Å²) in [5.74, 6) is -1.67. The minimum absolute atomic E-state index is 0.0441. The van der Waals surface area contributed by atoms with E-state index in [0.717, 1.165) is 19.3 Å². The Balaban J connectivity index is 2.73. The molecule has 1 amide bonds. The van der Waals surface area contributed by atoms with Crippen LogP contribution in [0.15, 0.2) is 18.2 Å². The Bertz CT molecular complexity index is 566. The highest BCUT2D eigenvalue weighted by molar-refractivity contribution is 6.03. The van der Waals surface area contributed by atoms with Crippen molar-refractivity contribution in [3.8, 4) is 0 Å². The minimum atomic E-state index is -1.15. The number of carbonyl (C=O) groups is 3. The lowest BCUT2D eigenvalue weighted by Gasteiger charge is -2.07. The average Bonchev–Trinajstić information content (AvgIpc) is 2.56. The van der Waals surface area contributed by atoms with Crippen LogP contribution in [0, 0.1) is 0 Å². The van der Waals surface area contributed by atoms with E-state index in [4.69, 9.17) is 5.11 Å². The fourth-order valence-electron chi connectivity index (χ4n) is 2.40. The number of ketones is 1. The third kappa shape index (κ3) is 6.22. The summed E-state index contributed by atoms with van der Waals surface area (Å²) in [4.78, 5) is 35.1. The van der Waals surface area contributed by atoms with Gasteiger partial charge in [-0.2, -0.15) is 0 Å². The molecule has 0 aliphatic heterocycles. The van der Waals surface area contributed by atoms with Crippen molar-refractivity contribution in [3.05, 3.63) is 34.9 Å². The molecule has 23 heavy (non-hydrogen) atoms. The van der Waals surface area contributed by atoms with Crippen molar-refractivity contribution in [2.24, 2.45) is 0 Å². The molecule has 1 aromatic rings. The van der Waals surface area contributed by atoms with Crippen LogP contribution in [-0.4, -0.2) is 29.8 Å². The zero-order valence-electron chi connectivity index (χ0n) is 13.9. The maximum Gasteiger partial charge on any atom is 0.335 e. The molecule has 2 N–H and O–H groups in total. The van der Waals surface area contributed by atoms with E-state index in [1.54, 1.807) is 0 Å². The maximum atomic E-state index is 12.2. The lowest BCUT2D eigenvalue weighted by atomic mass is 9.99. The van der Waals surface area contributed by atoms with Crippen molar-refractivity contribution in [3.63, 3.8) is 0 Å². The molecule has 0 aliphatic rings. The second-order valence-electron chi connectivity index (χ2n) is 5.62. The van der Waals surface area contributed by atoms with E-state index in [0.29, 0.717) is 6.42 Å². The molecule has 5 heteroatoms. The molecule has 0 aliphatic carbocycles. The molecule has 0 saturated carbocycles. The Labute approximate surface area is 137 Å². The summed E-state index contributed by atoms with van der Waals surface area (Å²) in [6.45, 7) is 2.16. The summed E-state index contributed by atoms with van der Waals surface area (Å²) in [5, 5.41) is 11.6. The Kier molecular flexibility index (Phi) is 8.02. The molecule has 0 fully saturated rings. The van der Waals surface area contributed by atoms with Crippen LogP contribution in [0.5, 0.6) is 0 Å². The number of hydrogen-bond donors (Lipinski definition) is 2. The van der Waals surface area contributed by atoms with Gasteiger partial charge in [-0.15, -0.1) is 0 Å². The SMILES string of the molecule is CCCCCCCCC(=O)c1cc(C(=O)O)cc(C(=O)NC)c1. The van der Waals surface area contributed by atoms with Gasteiger partial charge in [0.2, 0.25) is 0 Å². The summed E-state index contributed by atoms with van der Waals surface area (Å²) in [6, 6.07) is 4.08. The number of amides is 1. The number of rotatable bonds is 10. The average molecular weight is 319 g/mol. The first-order chi connectivity index (χ1) is 11.0. The van der Waals surface area contributed by atoms with Crippen molar-refractivity contribution in [1.82, 2.24) is 5.32 Å². The van der Waals surface area contributed by atoms with Crippen molar-refractivity contribution in [1.29, 1.82) is 0 Å². The molecule has 0 radical (unpaired) electrons. The first-order valence-electron chi connectivity index (χ1n) is 8.13. The maximum absolute atomic E-state index is 12.2. The van der Waals surface area contributed by atoms with Gasteiger partial charge in [0.1, 0.15) is 0 Å². The van der Waals surface area contributed by atoms with Crippen molar-refractivity contribution < 1.29 is 19.5 Å². The Morgan fingerprint density at radius 3 is 2.09 bits per heavy atom. The van der Waals surface area contributed by atoms with E-state index in [-0.39, 0.29) is 22.5 Å². The number of nitrogens with one attached hydrogen (secondary N) is 1. The molecule has 0 unspecified atom stereocenters. The molecular weight excluding hydrogens is 294 g/mol. The fraction of sp³-hybridized carbons (Fsp3) is 0.500. The van der Waals surface area contributed by atoms with Gasteiger partial charge in [0.25, 0.3) is 5.91 Å². The molecule has 1 aromatic carbocycles. The highest BCUT2D eigenvalue weighted by Gasteiger charge is 2.15. The normalized spacial score (nSPS) is 10.3. The lowest BCUT2D eigenvalue weighted by molar-refractivity contribution is 0.0697. The quantitative estimate of drug-likeness (QED) is 0.509. The van der Waals surface area contributed by atoms with E-state index < -0.39 is 11.9 Å². The van der Waals surface area contributed by atoms with Crippen molar-refractivity contribution in [2.75, 3.05) is 7.05 Å². The Morgan fingerprint density at radius 1 is 0.913 bits per heavy atom. The highest BCUT2D eigenvalue weighted by Crippen LogP contribution is 2.15. The molecular formula is C18H25NO4. The fourth-order valence-corrected chi connectivity index (χ4v) is 2.40. The number of aromatic carboxylic acids is 1. The number of hydrogen-bond acceptors (Lipinski definition) is 3. The second kappa shape index (κ2) is 9.77. The lowest BCUT2D eigenvalue weighted by Crippen LogP contribution is -2.19. The number of Topliss-reactive ketones (excluding diaryl/α,β-unsaturated/α-hetero) is 1. The third-order valence-electron chi connectivity index (χ3n) is 3.75. The van der Waals surface area contributed by atoms with Crippen LogP contribution in [0.4, 0.5) is 0 Å². The summed E-state index contributed by atoms with van der Waals surface area (Å²) in [6.07, 6.45) is 6.84. The zero-order chi connectivity index (χ0) is 17.2. The van der Waals surface area contributed by atoms with Gasteiger partial charge in [0.05, 0.1) is 5.56 Å². The third-order valence-corrected chi connectivity index (χ3v) is 3.75. The van der Waals surface area contributed by atoms with E-state index in [9.17, 15) is 14.4 Å². The van der Waals surface area contributed by atoms with Gasteiger partial charge in [-0.25, -0.2) is 4.79 Å². The van der Waals surface area contributed by atoms with Crippen LogP contribution in [0.2, 0.25) is 0 Å². The largest absolute Gasteiger partial charge is 0.478 e. The topological polar surface area (TPSA) is 83.5 Å². The molecule has 0 heterocycles. The molecule has 0 atom stereocenters. The zero-order valence-corrected chi connectivity index (χ0v) is 13.9. The van der Waals surface area contributed by atoms with Gasteiger partial charge >= 0.3 is 5.97 Å². The smallest absolute Gasteiger partial charge is 0.335 e.